The van der Waals surface area contributed by atoms with Crippen LogP contribution in [-0.4, -0.2) is 30.4 Å². The van der Waals surface area contributed by atoms with Crippen molar-refractivity contribution in [1.82, 2.24) is 4.90 Å². The molecule has 0 bridgehead atoms. The maximum absolute atomic E-state index is 5.60. The van der Waals surface area contributed by atoms with E-state index < -0.39 is 0 Å². The van der Waals surface area contributed by atoms with Gasteiger partial charge in [0.05, 0.1) is 0 Å². The largest absolute Gasteiger partial charge is 0.304 e. The summed E-state index contributed by atoms with van der Waals surface area (Å²) in [7, 11) is 0. The molecule has 0 aliphatic carbocycles. The molecule has 74 valence electrons. The molecule has 0 N–H and O–H groups in total. The minimum atomic E-state index is 0.819. The lowest BCUT2D eigenvalue weighted by Crippen LogP contribution is -2.25. The van der Waals surface area contributed by atoms with E-state index in [1.54, 1.807) is 0 Å². The molecule has 12 heavy (non-hydrogen) atoms. The summed E-state index contributed by atoms with van der Waals surface area (Å²) in [6.07, 6.45) is 5.03. The summed E-state index contributed by atoms with van der Waals surface area (Å²) in [4.78, 5) is 2.51. The van der Waals surface area contributed by atoms with E-state index in [9.17, 15) is 0 Å². The zero-order valence-corrected chi connectivity index (χ0v) is 9.24. The maximum atomic E-state index is 5.60. The minimum absolute atomic E-state index is 0.819. The van der Waals surface area contributed by atoms with Crippen LogP contribution >= 0.6 is 11.6 Å². The standard InChI is InChI=1S/C10H22ClN/c1-3-9-12(4-2)10-7-5-6-8-11/h3-10H2,1-2H3. The highest BCUT2D eigenvalue weighted by Crippen LogP contribution is 2.00. The predicted octanol–water partition coefficient (Wildman–Crippen LogP) is 3.13. The average Bonchev–Trinajstić information content (AvgIpc) is 2.10. The number of alkyl halides is 1. The van der Waals surface area contributed by atoms with Gasteiger partial charge in [-0.2, -0.15) is 0 Å². The molecule has 0 aromatic carbocycles. The van der Waals surface area contributed by atoms with Gasteiger partial charge in [0.25, 0.3) is 0 Å². The molecule has 0 aliphatic rings. The molecule has 0 aliphatic heterocycles. The lowest BCUT2D eigenvalue weighted by atomic mass is 10.2. The van der Waals surface area contributed by atoms with Gasteiger partial charge in [0, 0.05) is 5.88 Å². The van der Waals surface area contributed by atoms with Gasteiger partial charge >= 0.3 is 0 Å². The minimum Gasteiger partial charge on any atom is -0.304 e. The van der Waals surface area contributed by atoms with Gasteiger partial charge in [-0.3, -0.25) is 0 Å². The molecule has 2 heteroatoms. The SMILES string of the molecule is CCCN(CC)CCCCCCl. The quantitative estimate of drug-likeness (QED) is 0.421. The number of halogens is 1. The van der Waals surface area contributed by atoms with Gasteiger partial charge in [0.15, 0.2) is 0 Å². The number of nitrogens with zero attached hydrogens (tertiary/aromatic N) is 1. The Morgan fingerprint density at radius 1 is 1.00 bits per heavy atom. The highest BCUT2D eigenvalue weighted by molar-refractivity contribution is 6.17. The van der Waals surface area contributed by atoms with Gasteiger partial charge in [-0.15, -0.1) is 11.6 Å². The van der Waals surface area contributed by atoms with Gasteiger partial charge in [-0.05, 0) is 38.9 Å². The van der Waals surface area contributed by atoms with E-state index in [0.717, 1.165) is 5.88 Å². The molecule has 0 amide bonds. The van der Waals surface area contributed by atoms with E-state index >= 15 is 0 Å². The third kappa shape index (κ3) is 6.93. The van der Waals surface area contributed by atoms with Crippen molar-refractivity contribution in [2.24, 2.45) is 0 Å². The van der Waals surface area contributed by atoms with Crippen LogP contribution in [0.4, 0.5) is 0 Å². The molecule has 0 saturated heterocycles. The normalized spacial score (nSPS) is 11.0. The van der Waals surface area contributed by atoms with Crippen molar-refractivity contribution in [3.63, 3.8) is 0 Å². The van der Waals surface area contributed by atoms with Crippen molar-refractivity contribution < 1.29 is 0 Å². The lowest BCUT2D eigenvalue weighted by molar-refractivity contribution is 0.282. The zero-order chi connectivity index (χ0) is 9.23. The highest BCUT2D eigenvalue weighted by Gasteiger charge is 1.98. The zero-order valence-electron chi connectivity index (χ0n) is 8.48. The van der Waals surface area contributed by atoms with Crippen LogP contribution in [0.25, 0.3) is 0 Å². The van der Waals surface area contributed by atoms with E-state index in [2.05, 4.69) is 18.7 Å². The number of hydrogen-bond donors (Lipinski definition) is 0. The fraction of sp³-hybridized carbons (Fsp3) is 1.00. The summed E-state index contributed by atoms with van der Waals surface area (Å²) in [5.41, 5.74) is 0. The summed E-state index contributed by atoms with van der Waals surface area (Å²) in [6.45, 7) is 8.16. The Hall–Kier alpha value is 0.250. The van der Waals surface area contributed by atoms with E-state index in [-0.39, 0.29) is 0 Å². The fourth-order valence-electron chi connectivity index (χ4n) is 1.35. The van der Waals surface area contributed by atoms with Gasteiger partial charge in [0.1, 0.15) is 0 Å². The average molecular weight is 192 g/mol. The van der Waals surface area contributed by atoms with Crippen LogP contribution in [0.2, 0.25) is 0 Å². The fourth-order valence-corrected chi connectivity index (χ4v) is 1.54. The van der Waals surface area contributed by atoms with Gasteiger partial charge in [-0.1, -0.05) is 20.3 Å². The van der Waals surface area contributed by atoms with E-state index in [4.69, 9.17) is 11.6 Å². The van der Waals surface area contributed by atoms with Crippen LogP contribution in [-0.2, 0) is 0 Å². The number of hydrogen-bond acceptors (Lipinski definition) is 1. The predicted molar refractivity (Wildman–Crippen MR) is 57.0 cm³/mol. The Kier molecular flexibility index (Phi) is 9.53. The molecule has 0 atom stereocenters. The number of rotatable bonds is 8. The molecule has 0 fully saturated rings. The first-order valence-electron chi connectivity index (χ1n) is 5.13. The van der Waals surface area contributed by atoms with Crippen molar-refractivity contribution >= 4 is 11.6 Å². The lowest BCUT2D eigenvalue weighted by Gasteiger charge is -2.18. The monoisotopic (exact) mass is 191 g/mol. The first-order valence-corrected chi connectivity index (χ1v) is 5.66. The summed E-state index contributed by atoms with van der Waals surface area (Å²) in [5.74, 6) is 0.819. The Labute approximate surface area is 82.1 Å². The third-order valence-electron chi connectivity index (χ3n) is 2.10. The molecule has 0 aromatic heterocycles. The van der Waals surface area contributed by atoms with Gasteiger partial charge < -0.3 is 4.90 Å². The van der Waals surface area contributed by atoms with Crippen molar-refractivity contribution in [2.45, 2.75) is 39.5 Å². The van der Waals surface area contributed by atoms with Crippen LogP contribution in [0.1, 0.15) is 39.5 Å². The molecule has 0 spiro atoms. The Morgan fingerprint density at radius 3 is 2.25 bits per heavy atom. The van der Waals surface area contributed by atoms with Crippen molar-refractivity contribution in [1.29, 1.82) is 0 Å². The van der Waals surface area contributed by atoms with Gasteiger partial charge in [0.2, 0.25) is 0 Å². The molecule has 0 heterocycles. The Bertz CT molecular complexity index is 85.9. The van der Waals surface area contributed by atoms with E-state index in [1.807, 2.05) is 0 Å². The molecule has 0 unspecified atom stereocenters. The molecule has 0 saturated carbocycles. The van der Waals surface area contributed by atoms with Crippen molar-refractivity contribution in [3.8, 4) is 0 Å². The summed E-state index contributed by atoms with van der Waals surface area (Å²) in [6, 6.07) is 0. The Balaban J connectivity index is 3.19. The smallest absolute Gasteiger partial charge is 0.0223 e. The molecule has 0 rings (SSSR count). The van der Waals surface area contributed by atoms with Crippen molar-refractivity contribution in [3.05, 3.63) is 0 Å². The second kappa shape index (κ2) is 9.34. The molecular weight excluding hydrogens is 170 g/mol. The second-order valence-corrected chi connectivity index (χ2v) is 3.56. The molecule has 0 radical (unpaired) electrons. The van der Waals surface area contributed by atoms with Crippen LogP contribution in [0.3, 0.4) is 0 Å². The highest BCUT2D eigenvalue weighted by atomic mass is 35.5. The maximum Gasteiger partial charge on any atom is 0.0223 e. The number of unbranched alkanes of at least 4 members (excludes halogenated alkanes) is 2. The summed E-state index contributed by atoms with van der Waals surface area (Å²) < 4.78 is 0. The first-order chi connectivity index (χ1) is 5.85. The van der Waals surface area contributed by atoms with Crippen LogP contribution < -0.4 is 0 Å². The second-order valence-electron chi connectivity index (χ2n) is 3.18. The van der Waals surface area contributed by atoms with Crippen LogP contribution in [0.15, 0.2) is 0 Å². The first kappa shape index (κ1) is 12.2. The Morgan fingerprint density at radius 2 is 1.75 bits per heavy atom. The topological polar surface area (TPSA) is 3.24 Å². The molecular formula is C10H22ClN. The van der Waals surface area contributed by atoms with E-state index in [1.165, 1.54) is 45.3 Å². The van der Waals surface area contributed by atoms with Crippen LogP contribution in [0.5, 0.6) is 0 Å². The summed E-state index contributed by atoms with van der Waals surface area (Å²) in [5, 5.41) is 0. The third-order valence-corrected chi connectivity index (χ3v) is 2.36. The summed E-state index contributed by atoms with van der Waals surface area (Å²) >= 11 is 5.60. The molecule has 1 nitrogen and oxygen atoms in total. The van der Waals surface area contributed by atoms with Crippen LogP contribution in [0, 0.1) is 0 Å². The molecule has 0 aromatic rings. The van der Waals surface area contributed by atoms with Gasteiger partial charge in [-0.25, -0.2) is 0 Å². The van der Waals surface area contributed by atoms with Crippen molar-refractivity contribution in [2.75, 3.05) is 25.5 Å². The van der Waals surface area contributed by atoms with E-state index in [0.29, 0.717) is 0 Å².